The van der Waals surface area contributed by atoms with E-state index in [1.54, 1.807) is 0 Å². The zero-order chi connectivity index (χ0) is 13.1. The number of fused-ring (bicyclic) bond motifs is 1. The van der Waals surface area contributed by atoms with Crippen molar-refractivity contribution >= 4 is 12.0 Å². The highest BCUT2D eigenvalue weighted by atomic mass is 16.5. The number of ether oxygens (including phenoxy) is 1. The van der Waals surface area contributed by atoms with Gasteiger partial charge in [0.1, 0.15) is 11.5 Å². The topological polar surface area (TPSA) is 38.3 Å². The normalized spacial score (nSPS) is 13.4. The summed E-state index contributed by atoms with van der Waals surface area (Å²) in [5.41, 5.74) is 2.53. The highest BCUT2D eigenvalue weighted by Crippen LogP contribution is 2.31. The summed E-state index contributed by atoms with van der Waals surface area (Å²) in [5.74, 6) is 1.03. The van der Waals surface area contributed by atoms with Gasteiger partial charge in [0.25, 0.3) is 5.91 Å². The van der Waals surface area contributed by atoms with Crippen LogP contribution >= 0.6 is 0 Å². The summed E-state index contributed by atoms with van der Waals surface area (Å²) < 4.78 is 5.60. The van der Waals surface area contributed by atoms with Gasteiger partial charge in [-0.2, -0.15) is 0 Å². The van der Waals surface area contributed by atoms with E-state index in [4.69, 9.17) is 4.74 Å². The maximum atomic E-state index is 11.9. The first kappa shape index (κ1) is 12.4. The molecule has 3 nitrogen and oxygen atoms in total. The molecule has 0 fully saturated rings. The van der Waals surface area contributed by atoms with Crippen LogP contribution in [0.15, 0.2) is 36.1 Å². The second-order valence-corrected chi connectivity index (χ2v) is 4.38. The molecule has 0 atom stereocenters. The van der Waals surface area contributed by atoms with E-state index in [0.717, 1.165) is 23.3 Å². The molecule has 94 valence electrons. The summed E-state index contributed by atoms with van der Waals surface area (Å²) in [6, 6.07) is 5.89. The molecule has 0 saturated heterocycles. The van der Waals surface area contributed by atoms with Crippen LogP contribution in [0.3, 0.4) is 0 Å². The van der Waals surface area contributed by atoms with Crippen LogP contribution < -0.4 is 10.1 Å². The number of hydrogen-bond acceptors (Lipinski definition) is 2. The maximum absolute atomic E-state index is 11.9. The summed E-state index contributed by atoms with van der Waals surface area (Å²) in [6.07, 6.45) is 2.73. The molecule has 1 aliphatic rings. The molecule has 0 bridgehead atoms. The Balaban J connectivity index is 2.29. The lowest BCUT2D eigenvalue weighted by molar-refractivity contribution is -0.117. The predicted molar refractivity (Wildman–Crippen MR) is 72.2 cm³/mol. The van der Waals surface area contributed by atoms with E-state index in [1.165, 1.54) is 0 Å². The van der Waals surface area contributed by atoms with Crippen molar-refractivity contribution in [3.63, 3.8) is 0 Å². The summed E-state index contributed by atoms with van der Waals surface area (Å²) in [4.78, 5) is 11.9. The van der Waals surface area contributed by atoms with Gasteiger partial charge in [0.2, 0.25) is 0 Å². The van der Waals surface area contributed by atoms with Gasteiger partial charge in [-0.15, -0.1) is 0 Å². The monoisotopic (exact) mass is 243 g/mol. The van der Waals surface area contributed by atoms with E-state index in [0.29, 0.717) is 17.9 Å². The number of aryl methyl sites for hydroxylation is 1. The minimum atomic E-state index is -0.131. The fourth-order valence-electron chi connectivity index (χ4n) is 1.80. The largest absolute Gasteiger partial charge is 0.457 e. The highest BCUT2D eigenvalue weighted by Gasteiger charge is 2.20. The molecule has 1 aromatic carbocycles. The Labute approximate surface area is 107 Å². The molecule has 0 radical (unpaired) electrons. The van der Waals surface area contributed by atoms with Crippen LogP contribution in [0.1, 0.15) is 24.5 Å². The van der Waals surface area contributed by atoms with E-state index in [9.17, 15) is 4.79 Å². The number of hydrogen-bond donors (Lipinski definition) is 1. The third-order valence-electron chi connectivity index (χ3n) is 2.78. The van der Waals surface area contributed by atoms with Crippen molar-refractivity contribution in [3.8, 4) is 5.75 Å². The molecule has 1 amide bonds. The van der Waals surface area contributed by atoms with Crippen LogP contribution in [-0.2, 0) is 4.79 Å². The average molecular weight is 243 g/mol. The molecule has 0 spiro atoms. The molecular formula is C15H17NO2. The van der Waals surface area contributed by atoms with Crippen LogP contribution in [0, 0.1) is 6.92 Å². The minimum absolute atomic E-state index is 0.131. The van der Waals surface area contributed by atoms with E-state index in [2.05, 4.69) is 11.9 Å². The van der Waals surface area contributed by atoms with Crippen molar-refractivity contribution in [1.29, 1.82) is 0 Å². The van der Waals surface area contributed by atoms with Gasteiger partial charge in [-0.3, -0.25) is 4.79 Å². The van der Waals surface area contributed by atoms with Gasteiger partial charge in [-0.1, -0.05) is 25.6 Å². The van der Waals surface area contributed by atoms with E-state index < -0.39 is 0 Å². The first-order chi connectivity index (χ1) is 8.61. The van der Waals surface area contributed by atoms with Crippen molar-refractivity contribution in [2.45, 2.75) is 20.3 Å². The standard InChI is InChI=1S/C15H17NO2/c1-4-7-16-15(17)13-9-12-6-5-10(2)8-14(12)18-11(13)3/h5-6,8-9H,3-4,7H2,1-2H3,(H,16,17). The number of carbonyl (C=O) groups is 1. The quantitative estimate of drug-likeness (QED) is 0.886. The number of benzene rings is 1. The zero-order valence-electron chi connectivity index (χ0n) is 10.7. The molecule has 18 heavy (non-hydrogen) atoms. The summed E-state index contributed by atoms with van der Waals surface area (Å²) in [5, 5.41) is 2.83. The Morgan fingerprint density at radius 2 is 2.22 bits per heavy atom. The Morgan fingerprint density at radius 3 is 2.94 bits per heavy atom. The minimum Gasteiger partial charge on any atom is -0.457 e. The number of rotatable bonds is 3. The highest BCUT2D eigenvalue weighted by molar-refractivity contribution is 6.02. The lowest BCUT2D eigenvalue weighted by atomic mass is 10.0. The van der Waals surface area contributed by atoms with E-state index in [-0.39, 0.29) is 5.91 Å². The van der Waals surface area contributed by atoms with Gasteiger partial charge in [-0.05, 0) is 31.1 Å². The molecular weight excluding hydrogens is 226 g/mol. The lowest BCUT2D eigenvalue weighted by Crippen LogP contribution is -2.28. The van der Waals surface area contributed by atoms with Gasteiger partial charge >= 0.3 is 0 Å². The Bertz CT molecular complexity index is 529. The molecule has 0 saturated carbocycles. The van der Waals surface area contributed by atoms with Gasteiger partial charge in [0, 0.05) is 12.1 Å². The Hall–Kier alpha value is -2.03. The first-order valence-electron chi connectivity index (χ1n) is 6.09. The molecule has 0 aliphatic carbocycles. The fourth-order valence-corrected chi connectivity index (χ4v) is 1.80. The SMILES string of the molecule is C=C1Oc2cc(C)ccc2C=C1C(=O)NCCC. The van der Waals surface area contributed by atoms with Gasteiger partial charge in [0.05, 0.1) is 5.57 Å². The zero-order valence-corrected chi connectivity index (χ0v) is 10.7. The van der Waals surface area contributed by atoms with Gasteiger partial charge < -0.3 is 10.1 Å². The van der Waals surface area contributed by atoms with Crippen LogP contribution in [0.5, 0.6) is 5.75 Å². The lowest BCUT2D eigenvalue weighted by Gasteiger charge is -2.19. The van der Waals surface area contributed by atoms with Gasteiger partial charge in [-0.25, -0.2) is 0 Å². The van der Waals surface area contributed by atoms with Crippen molar-refractivity contribution in [2.75, 3.05) is 6.54 Å². The van der Waals surface area contributed by atoms with Gasteiger partial charge in [0.15, 0.2) is 0 Å². The molecule has 0 unspecified atom stereocenters. The molecule has 1 N–H and O–H groups in total. The second-order valence-electron chi connectivity index (χ2n) is 4.38. The smallest absolute Gasteiger partial charge is 0.255 e. The van der Waals surface area contributed by atoms with Crippen molar-refractivity contribution in [2.24, 2.45) is 0 Å². The first-order valence-corrected chi connectivity index (χ1v) is 6.09. The van der Waals surface area contributed by atoms with E-state index >= 15 is 0 Å². The van der Waals surface area contributed by atoms with Crippen molar-refractivity contribution < 1.29 is 9.53 Å². The summed E-state index contributed by atoms with van der Waals surface area (Å²) in [6.45, 7) is 8.47. The second kappa shape index (κ2) is 5.08. The summed E-state index contributed by atoms with van der Waals surface area (Å²) >= 11 is 0. The van der Waals surface area contributed by atoms with Crippen LogP contribution in [0.4, 0.5) is 0 Å². The predicted octanol–water partition coefficient (Wildman–Crippen LogP) is 2.81. The molecule has 0 aromatic heterocycles. The molecule has 1 aromatic rings. The average Bonchev–Trinajstić information content (AvgIpc) is 2.35. The van der Waals surface area contributed by atoms with Crippen LogP contribution in [0.2, 0.25) is 0 Å². The molecule has 1 heterocycles. The molecule has 3 heteroatoms. The Kier molecular flexibility index (Phi) is 3.51. The number of nitrogens with one attached hydrogen (secondary N) is 1. The Morgan fingerprint density at radius 1 is 1.44 bits per heavy atom. The summed E-state index contributed by atoms with van der Waals surface area (Å²) in [7, 11) is 0. The number of carbonyl (C=O) groups excluding carboxylic acids is 1. The van der Waals surface area contributed by atoms with Crippen molar-refractivity contribution in [3.05, 3.63) is 47.2 Å². The molecule has 1 aliphatic heterocycles. The third-order valence-corrected chi connectivity index (χ3v) is 2.78. The maximum Gasteiger partial charge on any atom is 0.255 e. The van der Waals surface area contributed by atoms with E-state index in [1.807, 2.05) is 38.1 Å². The number of amides is 1. The van der Waals surface area contributed by atoms with Crippen LogP contribution in [-0.4, -0.2) is 12.5 Å². The fraction of sp³-hybridized carbons (Fsp3) is 0.267. The third kappa shape index (κ3) is 2.45. The van der Waals surface area contributed by atoms with Crippen LogP contribution in [0.25, 0.3) is 6.08 Å². The molecule has 2 rings (SSSR count). The van der Waals surface area contributed by atoms with Crippen molar-refractivity contribution in [1.82, 2.24) is 5.32 Å².